The maximum absolute atomic E-state index is 11.3. The van der Waals surface area contributed by atoms with E-state index in [-0.39, 0.29) is 11.5 Å². The highest BCUT2D eigenvalue weighted by atomic mass is 32.2. The predicted octanol–water partition coefficient (Wildman–Crippen LogP) is 0.658. The first kappa shape index (κ1) is 13.9. The Labute approximate surface area is 98.6 Å². The fourth-order valence-corrected chi connectivity index (χ4v) is 2.92. The Kier molecular flexibility index (Phi) is 4.76. The molecule has 1 saturated heterocycles. The molecule has 1 fully saturated rings. The quantitative estimate of drug-likeness (QED) is 0.777. The summed E-state index contributed by atoms with van der Waals surface area (Å²) >= 11 is 0. The Bertz CT molecular complexity index is 305. The van der Waals surface area contributed by atoms with Crippen LogP contribution in [-0.2, 0) is 9.84 Å². The summed E-state index contributed by atoms with van der Waals surface area (Å²) in [7, 11) is -0.837. The smallest absolute Gasteiger partial charge is 0.150 e. The highest BCUT2D eigenvalue weighted by Gasteiger charge is 2.30. The van der Waals surface area contributed by atoms with Crippen LogP contribution in [0.15, 0.2) is 0 Å². The van der Waals surface area contributed by atoms with Gasteiger partial charge in [0.25, 0.3) is 0 Å². The Morgan fingerprint density at radius 1 is 1.31 bits per heavy atom. The van der Waals surface area contributed by atoms with Gasteiger partial charge in [-0.3, -0.25) is 0 Å². The van der Waals surface area contributed by atoms with Gasteiger partial charge in [-0.15, -0.1) is 0 Å². The van der Waals surface area contributed by atoms with E-state index in [1.165, 1.54) is 0 Å². The van der Waals surface area contributed by atoms with Gasteiger partial charge in [0.15, 0.2) is 0 Å². The van der Waals surface area contributed by atoms with E-state index in [1.54, 1.807) is 6.92 Å². The van der Waals surface area contributed by atoms with Gasteiger partial charge >= 0.3 is 0 Å². The van der Waals surface area contributed by atoms with Crippen LogP contribution in [0.2, 0.25) is 0 Å². The van der Waals surface area contributed by atoms with Gasteiger partial charge in [-0.25, -0.2) is 8.42 Å². The monoisotopic (exact) mass is 249 g/mol. The van der Waals surface area contributed by atoms with E-state index in [1.807, 2.05) is 7.05 Å². The van der Waals surface area contributed by atoms with Crippen LogP contribution in [0.3, 0.4) is 0 Å². The molecule has 0 bridgehead atoms. The van der Waals surface area contributed by atoms with Gasteiger partial charge in [0.2, 0.25) is 0 Å². The van der Waals surface area contributed by atoms with Crippen molar-refractivity contribution in [3.05, 3.63) is 0 Å². The van der Waals surface area contributed by atoms with Crippen molar-refractivity contribution in [2.45, 2.75) is 38.2 Å². The molecule has 0 spiro atoms. The summed E-state index contributed by atoms with van der Waals surface area (Å²) in [5, 5.41) is 10.2. The van der Waals surface area contributed by atoms with Crippen LogP contribution in [0.4, 0.5) is 0 Å². The summed E-state index contributed by atoms with van der Waals surface area (Å²) in [4.78, 5) is 2.19. The molecule has 0 aromatic carbocycles. The van der Waals surface area contributed by atoms with E-state index in [0.717, 1.165) is 25.9 Å². The molecule has 0 radical (unpaired) electrons. The molecule has 5 heteroatoms. The van der Waals surface area contributed by atoms with Gasteiger partial charge in [0.1, 0.15) is 9.84 Å². The van der Waals surface area contributed by atoms with E-state index in [0.29, 0.717) is 12.8 Å². The zero-order valence-corrected chi connectivity index (χ0v) is 11.1. The third-order valence-electron chi connectivity index (χ3n) is 3.46. The normalized spacial score (nSPS) is 22.2. The highest BCUT2D eigenvalue weighted by Crippen LogP contribution is 2.26. The van der Waals surface area contributed by atoms with Gasteiger partial charge in [-0.1, -0.05) is 6.92 Å². The number of nitrogens with zero attached hydrogens (tertiary/aromatic N) is 1. The lowest BCUT2D eigenvalue weighted by atomic mass is 9.87. The predicted molar refractivity (Wildman–Crippen MR) is 65.2 cm³/mol. The summed E-state index contributed by atoms with van der Waals surface area (Å²) < 4.78 is 22.6. The van der Waals surface area contributed by atoms with Crippen molar-refractivity contribution in [1.29, 1.82) is 0 Å². The maximum atomic E-state index is 11.3. The van der Waals surface area contributed by atoms with Crippen molar-refractivity contribution in [3.63, 3.8) is 0 Å². The Morgan fingerprint density at radius 2 is 1.88 bits per heavy atom. The second kappa shape index (κ2) is 5.47. The van der Waals surface area contributed by atoms with Crippen LogP contribution in [0.5, 0.6) is 0 Å². The number of sulfone groups is 1. The molecule has 16 heavy (non-hydrogen) atoms. The third kappa shape index (κ3) is 4.39. The number of hydrogen-bond donors (Lipinski definition) is 1. The largest absolute Gasteiger partial charge is 0.390 e. The fraction of sp³-hybridized carbons (Fsp3) is 1.00. The molecule has 4 nitrogen and oxygen atoms in total. The molecule has 0 aromatic heterocycles. The molecule has 0 unspecified atom stereocenters. The second-order valence-corrected chi connectivity index (χ2v) is 7.34. The zero-order valence-electron chi connectivity index (χ0n) is 10.3. The minimum atomic E-state index is -2.88. The molecule has 0 saturated carbocycles. The summed E-state index contributed by atoms with van der Waals surface area (Å²) in [5.41, 5.74) is -0.629. The van der Waals surface area contributed by atoms with Gasteiger partial charge in [0.05, 0.1) is 11.4 Å². The van der Waals surface area contributed by atoms with Gasteiger partial charge < -0.3 is 10.0 Å². The molecule has 1 aliphatic heterocycles. The molecule has 1 heterocycles. The highest BCUT2D eigenvalue weighted by molar-refractivity contribution is 7.91. The van der Waals surface area contributed by atoms with Gasteiger partial charge in [0, 0.05) is 18.8 Å². The maximum Gasteiger partial charge on any atom is 0.150 e. The number of aliphatic hydroxyl groups is 1. The van der Waals surface area contributed by atoms with Crippen LogP contribution in [0, 0.1) is 0 Å². The van der Waals surface area contributed by atoms with Crippen LogP contribution >= 0.6 is 0 Å². The number of piperidine rings is 1. The minimum Gasteiger partial charge on any atom is -0.390 e. The molecule has 0 aliphatic carbocycles. The number of likely N-dealkylation sites (tertiary alicyclic amines) is 1. The molecule has 96 valence electrons. The molecule has 1 rings (SSSR count). The number of rotatable bonds is 5. The standard InChI is InChI=1S/C11H23NO3S/c1-3-16(14,15)10-4-5-11(13)6-8-12(2)9-7-11/h13H,3-10H2,1-2H3. The van der Waals surface area contributed by atoms with Crippen LogP contribution in [0.1, 0.15) is 32.6 Å². The Morgan fingerprint density at radius 3 is 2.38 bits per heavy atom. The van der Waals surface area contributed by atoms with Crippen molar-refractivity contribution in [2.75, 3.05) is 31.6 Å². The zero-order chi connectivity index (χ0) is 12.2. The first-order valence-electron chi connectivity index (χ1n) is 5.98. The average molecular weight is 249 g/mol. The average Bonchev–Trinajstić information content (AvgIpc) is 2.23. The lowest BCUT2D eigenvalue weighted by molar-refractivity contribution is -0.0225. The SMILES string of the molecule is CCS(=O)(=O)CCCC1(O)CCN(C)CC1. The van der Waals surface area contributed by atoms with Gasteiger partial charge in [-0.2, -0.15) is 0 Å². The molecule has 0 atom stereocenters. The topological polar surface area (TPSA) is 57.6 Å². The first-order chi connectivity index (χ1) is 7.37. The van der Waals surface area contributed by atoms with E-state index in [9.17, 15) is 13.5 Å². The van der Waals surface area contributed by atoms with Crippen molar-refractivity contribution >= 4 is 9.84 Å². The molecular formula is C11H23NO3S. The summed E-state index contributed by atoms with van der Waals surface area (Å²) in [6.45, 7) is 3.47. The summed E-state index contributed by atoms with van der Waals surface area (Å²) in [6.07, 6.45) is 2.71. The lowest BCUT2D eigenvalue weighted by Gasteiger charge is -2.36. The van der Waals surface area contributed by atoms with Crippen molar-refractivity contribution < 1.29 is 13.5 Å². The molecule has 1 aliphatic rings. The third-order valence-corrected chi connectivity index (χ3v) is 5.25. The van der Waals surface area contributed by atoms with E-state index in [2.05, 4.69) is 4.90 Å². The first-order valence-corrected chi connectivity index (χ1v) is 7.80. The lowest BCUT2D eigenvalue weighted by Crippen LogP contribution is -2.42. The van der Waals surface area contributed by atoms with Crippen molar-refractivity contribution in [2.24, 2.45) is 0 Å². The molecular weight excluding hydrogens is 226 g/mol. The Hall–Kier alpha value is -0.130. The summed E-state index contributed by atoms with van der Waals surface area (Å²) in [5.74, 6) is 0.413. The van der Waals surface area contributed by atoms with Gasteiger partial charge in [-0.05, 0) is 32.7 Å². The van der Waals surface area contributed by atoms with E-state index < -0.39 is 15.4 Å². The molecule has 0 aromatic rings. The van der Waals surface area contributed by atoms with Crippen molar-refractivity contribution in [1.82, 2.24) is 4.90 Å². The van der Waals surface area contributed by atoms with Crippen LogP contribution in [0.25, 0.3) is 0 Å². The van der Waals surface area contributed by atoms with E-state index >= 15 is 0 Å². The molecule has 0 amide bonds. The minimum absolute atomic E-state index is 0.203. The van der Waals surface area contributed by atoms with Crippen LogP contribution < -0.4 is 0 Å². The van der Waals surface area contributed by atoms with Crippen molar-refractivity contribution in [3.8, 4) is 0 Å². The summed E-state index contributed by atoms with van der Waals surface area (Å²) in [6, 6.07) is 0. The molecule has 1 N–H and O–H groups in total. The fourth-order valence-electron chi connectivity index (χ4n) is 2.05. The Balaban J connectivity index is 2.32. The van der Waals surface area contributed by atoms with Crippen LogP contribution in [-0.4, -0.2) is 55.7 Å². The second-order valence-electron chi connectivity index (χ2n) is 4.87. The number of hydrogen-bond acceptors (Lipinski definition) is 4. The van der Waals surface area contributed by atoms with E-state index in [4.69, 9.17) is 0 Å².